The first-order valence-electron chi connectivity index (χ1n) is 6.64. The third-order valence-electron chi connectivity index (χ3n) is 2.76. The first-order chi connectivity index (χ1) is 10.4. The molecule has 0 aliphatic rings. The molecule has 4 N–H and O–H groups in total. The van der Waals surface area contributed by atoms with Gasteiger partial charge in [-0.25, -0.2) is 4.57 Å². The van der Waals surface area contributed by atoms with E-state index in [0.29, 0.717) is 12.7 Å². The number of aliphatic hydroxyl groups is 1. The number of aldehydes is 1. The molecule has 0 spiro atoms. The second kappa shape index (κ2) is 9.07. The fourth-order valence-corrected chi connectivity index (χ4v) is 2.50. The van der Waals surface area contributed by atoms with Crippen LogP contribution in [-0.2, 0) is 20.5 Å². The second-order valence-corrected chi connectivity index (χ2v) is 6.43. The van der Waals surface area contributed by atoms with Crippen molar-refractivity contribution in [2.75, 3.05) is 13.0 Å². The minimum atomic E-state index is -4.01. The predicted molar refractivity (Wildman–Crippen MR) is 82.0 cm³/mol. The zero-order valence-corrected chi connectivity index (χ0v) is 12.9. The first-order valence-corrected chi connectivity index (χ1v) is 8.40. The van der Waals surface area contributed by atoms with Gasteiger partial charge in [0.25, 0.3) is 0 Å². The Balaban J connectivity index is 2.57. The summed E-state index contributed by atoms with van der Waals surface area (Å²) in [5, 5.41) is 8.88. The number of ether oxygens (including phenoxy) is 1. The van der Waals surface area contributed by atoms with Crippen LogP contribution in [0.1, 0.15) is 5.56 Å². The van der Waals surface area contributed by atoms with Crippen LogP contribution in [0.5, 0.6) is 5.75 Å². The van der Waals surface area contributed by atoms with E-state index in [2.05, 4.69) is 0 Å². The summed E-state index contributed by atoms with van der Waals surface area (Å²) in [4.78, 5) is 20.2. The molecule has 0 heterocycles. The van der Waals surface area contributed by atoms with Crippen molar-refractivity contribution in [1.82, 2.24) is 0 Å². The maximum absolute atomic E-state index is 11.8. The molecule has 22 heavy (non-hydrogen) atoms. The van der Waals surface area contributed by atoms with Crippen molar-refractivity contribution < 1.29 is 28.6 Å². The van der Waals surface area contributed by atoms with Crippen molar-refractivity contribution >= 4 is 21.7 Å². The largest absolute Gasteiger partial charge is 0.423 e. The number of aliphatic hydroxyl groups excluding tert-OH is 1. The quantitative estimate of drug-likeness (QED) is 0.320. The molecule has 0 aromatic heterocycles. The summed E-state index contributed by atoms with van der Waals surface area (Å²) in [5.74, 6) is 0.186. The average molecular weight is 327 g/mol. The van der Waals surface area contributed by atoms with Crippen molar-refractivity contribution in [3.63, 3.8) is 0 Å². The molecule has 7 nitrogen and oxygen atoms in total. The number of carbonyl (C=O) groups excluding carboxylic acids is 1. The SMILES string of the molecule is [B]C[C@@H](CO)OCP(=O)(O)Oc1ccc(C[C@H](N)C=O)cc1. The molecule has 2 radical (unpaired) electrons. The highest BCUT2D eigenvalue weighted by Crippen LogP contribution is 2.42. The molecule has 1 aromatic carbocycles. The van der Waals surface area contributed by atoms with Crippen molar-refractivity contribution in [2.45, 2.75) is 24.9 Å². The summed E-state index contributed by atoms with van der Waals surface area (Å²) in [6.07, 6.45) is -0.233. The highest BCUT2D eigenvalue weighted by Gasteiger charge is 2.23. The Morgan fingerprint density at radius 2 is 2.00 bits per heavy atom. The van der Waals surface area contributed by atoms with Gasteiger partial charge in [-0.15, -0.1) is 0 Å². The summed E-state index contributed by atoms with van der Waals surface area (Å²) >= 11 is 0. The lowest BCUT2D eigenvalue weighted by Gasteiger charge is -2.17. The third kappa shape index (κ3) is 6.72. The molecule has 0 aliphatic carbocycles. The molecule has 0 aliphatic heterocycles. The van der Waals surface area contributed by atoms with Gasteiger partial charge in [0.2, 0.25) is 0 Å². The van der Waals surface area contributed by atoms with Crippen LogP contribution in [0.4, 0.5) is 0 Å². The minimum absolute atomic E-state index is 0.0299. The molecule has 1 aromatic rings. The normalized spacial score (nSPS) is 16.5. The standard InChI is InChI=1S/C13H19BNO6P/c14-6-13(8-17)20-9-22(18,19)21-12-3-1-10(2-4-12)5-11(15)7-16/h1-4,7,11,13,17H,5-6,8-9,15H2,(H,18,19)/t11-,13-/m0/s1. The summed E-state index contributed by atoms with van der Waals surface area (Å²) < 4.78 is 21.8. The Morgan fingerprint density at radius 1 is 1.36 bits per heavy atom. The molecule has 0 saturated heterocycles. The smallest absolute Gasteiger partial charge is 0.402 e. The second-order valence-electron chi connectivity index (χ2n) is 4.71. The molecular weight excluding hydrogens is 308 g/mol. The molecule has 0 saturated carbocycles. The topological polar surface area (TPSA) is 119 Å². The van der Waals surface area contributed by atoms with Gasteiger partial charge in [-0.3, -0.25) is 0 Å². The van der Waals surface area contributed by atoms with Crippen molar-refractivity contribution in [3.05, 3.63) is 29.8 Å². The van der Waals surface area contributed by atoms with Gasteiger partial charge in [-0.2, -0.15) is 0 Å². The van der Waals surface area contributed by atoms with Gasteiger partial charge in [0.15, 0.2) is 6.35 Å². The Labute approximate surface area is 130 Å². The van der Waals surface area contributed by atoms with E-state index in [1.807, 2.05) is 0 Å². The summed E-state index contributed by atoms with van der Waals surface area (Å²) in [7, 11) is 1.29. The molecule has 3 atom stereocenters. The van der Waals surface area contributed by atoms with Crippen LogP contribution >= 0.6 is 7.60 Å². The van der Waals surface area contributed by atoms with Gasteiger partial charge in [0.05, 0.1) is 26.6 Å². The summed E-state index contributed by atoms with van der Waals surface area (Å²) in [6.45, 7) is -0.345. The summed E-state index contributed by atoms with van der Waals surface area (Å²) in [6, 6.07) is 5.71. The predicted octanol–water partition coefficient (Wildman–Crippen LogP) is 0.241. The van der Waals surface area contributed by atoms with Crippen LogP contribution in [0.15, 0.2) is 24.3 Å². The van der Waals surface area contributed by atoms with E-state index in [9.17, 15) is 14.3 Å². The van der Waals surface area contributed by atoms with E-state index in [4.69, 9.17) is 27.9 Å². The average Bonchev–Trinajstić information content (AvgIpc) is 2.49. The van der Waals surface area contributed by atoms with E-state index in [1.165, 1.54) is 12.1 Å². The number of hydrogen-bond donors (Lipinski definition) is 3. The van der Waals surface area contributed by atoms with E-state index < -0.39 is 26.1 Å². The van der Waals surface area contributed by atoms with Gasteiger partial charge < -0.3 is 29.8 Å². The lowest BCUT2D eigenvalue weighted by atomic mass is 10.0. The van der Waals surface area contributed by atoms with Gasteiger partial charge in [-0.05, 0) is 24.1 Å². The van der Waals surface area contributed by atoms with Crippen LogP contribution in [-0.4, -0.2) is 49.2 Å². The molecular formula is C13H19BNO6P. The number of rotatable bonds is 10. The molecule has 9 heteroatoms. The van der Waals surface area contributed by atoms with Crippen LogP contribution < -0.4 is 10.3 Å². The Kier molecular flexibility index (Phi) is 7.78. The molecule has 1 unspecified atom stereocenters. The number of hydrogen-bond acceptors (Lipinski definition) is 6. The van der Waals surface area contributed by atoms with Crippen LogP contribution in [0.25, 0.3) is 0 Å². The van der Waals surface area contributed by atoms with Crippen molar-refractivity contribution in [1.29, 1.82) is 0 Å². The maximum atomic E-state index is 11.8. The Morgan fingerprint density at radius 3 is 2.50 bits per heavy atom. The minimum Gasteiger partial charge on any atom is -0.423 e. The number of carbonyl (C=O) groups is 1. The third-order valence-corrected chi connectivity index (χ3v) is 3.73. The summed E-state index contributed by atoms with van der Waals surface area (Å²) in [5.41, 5.74) is 6.31. The fourth-order valence-electron chi connectivity index (χ4n) is 1.59. The Bertz CT molecular complexity index is 508. The van der Waals surface area contributed by atoms with Gasteiger partial charge in [0.1, 0.15) is 12.0 Å². The van der Waals surface area contributed by atoms with Crippen LogP contribution in [0, 0.1) is 0 Å². The molecule has 0 amide bonds. The lowest BCUT2D eigenvalue weighted by Crippen LogP contribution is -2.23. The fraction of sp³-hybridized carbons (Fsp3) is 0.462. The van der Waals surface area contributed by atoms with Crippen molar-refractivity contribution in [2.24, 2.45) is 5.73 Å². The maximum Gasteiger partial charge on any atom is 0.402 e. The van der Waals surface area contributed by atoms with E-state index in [-0.39, 0.29) is 18.7 Å². The van der Waals surface area contributed by atoms with Gasteiger partial charge >= 0.3 is 7.60 Å². The zero-order chi connectivity index (χ0) is 16.6. The van der Waals surface area contributed by atoms with Gasteiger partial charge in [0, 0.05) is 0 Å². The monoisotopic (exact) mass is 327 g/mol. The van der Waals surface area contributed by atoms with E-state index in [1.54, 1.807) is 12.1 Å². The first kappa shape index (κ1) is 18.9. The van der Waals surface area contributed by atoms with Crippen LogP contribution in [0.3, 0.4) is 0 Å². The highest BCUT2D eigenvalue weighted by molar-refractivity contribution is 7.53. The van der Waals surface area contributed by atoms with Gasteiger partial charge in [-0.1, -0.05) is 18.5 Å². The van der Waals surface area contributed by atoms with Crippen LogP contribution in [0.2, 0.25) is 6.32 Å². The molecule has 0 fully saturated rings. The van der Waals surface area contributed by atoms with E-state index >= 15 is 0 Å². The lowest BCUT2D eigenvalue weighted by molar-refractivity contribution is -0.108. The zero-order valence-electron chi connectivity index (χ0n) is 12.0. The Hall–Kier alpha value is -1.18. The van der Waals surface area contributed by atoms with Crippen molar-refractivity contribution in [3.8, 4) is 5.75 Å². The number of nitrogens with two attached hydrogens (primary N) is 1. The number of benzene rings is 1. The molecule has 120 valence electrons. The highest BCUT2D eigenvalue weighted by atomic mass is 31.2. The van der Waals surface area contributed by atoms with E-state index in [0.717, 1.165) is 5.56 Å². The molecule has 0 bridgehead atoms. The molecule has 1 rings (SSSR count).